The van der Waals surface area contributed by atoms with E-state index in [9.17, 15) is 18.0 Å². The highest BCUT2D eigenvalue weighted by Gasteiger charge is 2.31. The number of carboxylic acids is 1. The molecule has 0 aliphatic rings. The lowest BCUT2D eigenvalue weighted by Crippen LogP contribution is -2.13. The molecule has 0 saturated heterocycles. The SMILES string of the molecule is CC(CC(=O)O)n1nnnc1-c1cccc(C(F)(F)F)c1. The molecule has 1 unspecified atom stereocenters. The zero-order valence-electron chi connectivity index (χ0n) is 10.9. The molecule has 2 aromatic rings. The van der Waals surface area contributed by atoms with Gasteiger partial charge in [-0.3, -0.25) is 4.79 Å². The highest BCUT2D eigenvalue weighted by Crippen LogP contribution is 2.32. The molecule has 21 heavy (non-hydrogen) atoms. The van der Waals surface area contributed by atoms with Crippen LogP contribution in [0.5, 0.6) is 0 Å². The first-order valence-electron chi connectivity index (χ1n) is 5.96. The maximum Gasteiger partial charge on any atom is 0.416 e. The molecular formula is C12H11F3N4O2. The quantitative estimate of drug-likeness (QED) is 0.937. The molecule has 0 aliphatic carbocycles. The summed E-state index contributed by atoms with van der Waals surface area (Å²) in [5.74, 6) is -0.956. The van der Waals surface area contributed by atoms with Crippen LogP contribution in [0.15, 0.2) is 24.3 Å². The Bertz CT molecular complexity index is 654. The number of carboxylic acid groups (broad SMARTS) is 1. The molecule has 0 fully saturated rings. The number of aromatic nitrogens is 4. The van der Waals surface area contributed by atoms with Crippen molar-refractivity contribution in [1.29, 1.82) is 0 Å². The number of halogens is 3. The molecule has 1 aromatic carbocycles. The predicted molar refractivity (Wildman–Crippen MR) is 65.2 cm³/mol. The zero-order valence-corrected chi connectivity index (χ0v) is 10.9. The first-order chi connectivity index (χ1) is 9.79. The van der Waals surface area contributed by atoms with Crippen LogP contribution in [0.1, 0.15) is 24.9 Å². The summed E-state index contributed by atoms with van der Waals surface area (Å²) >= 11 is 0. The average molecular weight is 300 g/mol. The van der Waals surface area contributed by atoms with Gasteiger partial charge in [0.15, 0.2) is 5.82 Å². The van der Waals surface area contributed by atoms with Crippen LogP contribution in [0, 0.1) is 0 Å². The lowest BCUT2D eigenvalue weighted by molar-refractivity contribution is -0.138. The highest BCUT2D eigenvalue weighted by atomic mass is 19.4. The lowest BCUT2D eigenvalue weighted by atomic mass is 10.1. The molecule has 0 spiro atoms. The maximum atomic E-state index is 12.7. The van der Waals surface area contributed by atoms with E-state index in [1.165, 1.54) is 16.8 Å². The van der Waals surface area contributed by atoms with E-state index in [-0.39, 0.29) is 17.8 Å². The van der Waals surface area contributed by atoms with Crippen molar-refractivity contribution in [3.8, 4) is 11.4 Å². The molecular weight excluding hydrogens is 289 g/mol. The van der Waals surface area contributed by atoms with Gasteiger partial charge in [0.1, 0.15) is 0 Å². The molecule has 9 heteroatoms. The Kier molecular flexibility index (Phi) is 3.92. The molecule has 1 N–H and O–H groups in total. The number of aliphatic carboxylic acids is 1. The Balaban J connectivity index is 2.40. The topological polar surface area (TPSA) is 80.9 Å². The third kappa shape index (κ3) is 3.36. The van der Waals surface area contributed by atoms with Crippen LogP contribution in [0.4, 0.5) is 13.2 Å². The Morgan fingerprint density at radius 1 is 1.43 bits per heavy atom. The maximum absolute atomic E-state index is 12.7. The molecule has 0 bridgehead atoms. The normalized spacial score (nSPS) is 13.1. The second-order valence-corrected chi connectivity index (χ2v) is 4.47. The summed E-state index contributed by atoms with van der Waals surface area (Å²) in [5.41, 5.74) is -0.646. The van der Waals surface area contributed by atoms with E-state index in [0.29, 0.717) is 0 Å². The zero-order chi connectivity index (χ0) is 15.6. The van der Waals surface area contributed by atoms with Gasteiger partial charge in [-0.05, 0) is 29.5 Å². The van der Waals surface area contributed by atoms with Crippen LogP contribution in [-0.4, -0.2) is 31.3 Å². The van der Waals surface area contributed by atoms with Crippen molar-refractivity contribution in [2.24, 2.45) is 0 Å². The summed E-state index contributed by atoms with van der Waals surface area (Å²) in [6, 6.07) is 3.97. The minimum absolute atomic E-state index is 0.0925. The van der Waals surface area contributed by atoms with E-state index in [1.54, 1.807) is 6.92 Å². The summed E-state index contributed by atoms with van der Waals surface area (Å²) in [7, 11) is 0. The lowest BCUT2D eigenvalue weighted by Gasteiger charge is -2.12. The first kappa shape index (κ1) is 14.9. The molecule has 6 nitrogen and oxygen atoms in total. The number of carbonyl (C=O) groups is 1. The Morgan fingerprint density at radius 2 is 2.14 bits per heavy atom. The molecule has 0 amide bonds. The van der Waals surface area contributed by atoms with Gasteiger partial charge in [0.2, 0.25) is 0 Å². The fourth-order valence-electron chi connectivity index (χ4n) is 1.85. The Hall–Kier alpha value is -2.45. The third-order valence-corrected chi connectivity index (χ3v) is 2.83. The van der Waals surface area contributed by atoms with Crippen molar-refractivity contribution in [2.75, 3.05) is 0 Å². The molecule has 1 atom stereocenters. The number of benzene rings is 1. The summed E-state index contributed by atoms with van der Waals surface area (Å²) in [6.07, 6.45) is -4.71. The standard InChI is InChI=1S/C12H11F3N4O2/c1-7(5-10(20)21)19-11(16-17-18-19)8-3-2-4-9(6-8)12(13,14)15/h2-4,6-7H,5H2,1H3,(H,20,21). The Morgan fingerprint density at radius 3 is 2.76 bits per heavy atom. The number of nitrogens with zero attached hydrogens (tertiary/aromatic N) is 4. The average Bonchev–Trinajstić information content (AvgIpc) is 2.86. The number of rotatable bonds is 4. The van der Waals surface area contributed by atoms with Crippen LogP contribution in [0.25, 0.3) is 11.4 Å². The van der Waals surface area contributed by atoms with E-state index in [2.05, 4.69) is 15.5 Å². The van der Waals surface area contributed by atoms with Gasteiger partial charge in [-0.15, -0.1) is 5.10 Å². The number of alkyl halides is 3. The molecule has 2 rings (SSSR count). The predicted octanol–water partition coefficient (Wildman–Crippen LogP) is 2.39. The van der Waals surface area contributed by atoms with Crippen LogP contribution < -0.4 is 0 Å². The summed E-state index contributed by atoms with van der Waals surface area (Å²) in [5, 5.41) is 19.5. The van der Waals surface area contributed by atoms with Gasteiger partial charge in [0.25, 0.3) is 0 Å². The summed E-state index contributed by atoms with van der Waals surface area (Å²) in [6.45, 7) is 1.57. The molecule has 0 radical (unpaired) electrons. The fourth-order valence-corrected chi connectivity index (χ4v) is 1.85. The molecule has 1 heterocycles. The van der Waals surface area contributed by atoms with Crippen LogP contribution >= 0.6 is 0 Å². The smallest absolute Gasteiger partial charge is 0.416 e. The van der Waals surface area contributed by atoms with Crippen molar-refractivity contribution in [2.45, 2.75) is 25.6 Å². The van der Waals surface area contributed by atoms with Crippen molar-refractivity contribution in [3.05, 3.63) is 29.8 Å². The second-order valence-electron chi connectivity index (χ2n) is 4.47. The van der Waals surface area contributed by atoms with Gasteiger partial charge in [-0.2, -0.15) is 13.2 Å². The largest absolute Gasteiger partial charge is 0.481 e. The minimum Gasteiger partial charge on any atom is -0.481 e. The van der Waals surface area contributed by atoms with Gasteiger partial charge in [0.05, 0.1) is 18.0 Å². The van der Waals surface area contributed by atoms with Crippen LogP contribution in [0.3, 0.4) is 0 Å². The monoisotopic (exact) mass is 300 g/mol. The van der Waals surface area contributed by atoms with Crippen molar-refractivity contribution in [1.82, 2.24) is 20.2 Å². The van der Waals surface area contributed by atoms with E-state index in [0.717, 1.165) is 12.1 Å². The Labute approximate surface area is 117 Å². The molecule has 112 valence electrons. The van der Waals surface area contributed by atoms with E-state index in [1.807, 2.05) is 0 Å². The van der Waals surface area contributed by atoms with Gasteiger partial charge < -0.3 is 5.11 Å². The van der Waals surface area contributed by atoms with Gasteiger partial charge in [-0.25, -0.2) is 4.68 Å². The van der Waals surface area contributed by atoms with Crippen LogP contribution in [-0.2, 0) is 11.0 Å². The van der Waals surface area contributed by atoms with E-state index < -0.39 is 23.8 Å². The van der Waals surface area contributed by atoms with E-state index >= 15 is 0 Å². The summed E-state index contributed by atoms with van der Waals surface area (Å²) < 4.78 is 39.3. The molecule has 0 saturated carbocycles. The fraction of sp³-hybridized carbons (Fsp3) is 0.333. The highest BCUT2D eigenvalue weighted by molar-refractivity contribution is 5.67. The number of hydrogen-bond donors (Lipinski definition) is 1. The van der Waals surface area contributed by atoms with Crippen molar-refractivity contribution < 1.29 is 23.1 Å². The van der Waals surface area contributed by atoms with E-state index in [4.69, 9.17) is 5.11 Å². The van der Waals surface area contributed by atoms with Crippen molar-refractivity contribution in [3.63, 3.8) is 0 Å². The van der Waals surface area contributed by atoms with Gasteiger partial charge >= 0.3 is 12.1 Å². The number of hydrogen-bond acceptors (Lipinski definition) is 4. The van der Waals surface area contributed by atoms with Gasteiger partial charge in [0, 0.05) is 5.56 Å². The molecule has 0 aliphatic heterocycles. The van der Waals surface area contributed by atoms with Gasteiger partial charge in [-0.1, -0.05) is 12.1 Å². The third-order valence-electron chi connectivity index (χ3n) is 2.83. The second kappa shape index (κ2) is 5.51. The minimum atomic E-state index is -4.47. The summed E-state index contributed by atoms with van der Waals surface area (Å²) in [4.78, 5) is 10.7. The first-order valence-corrected chi connectivity index (χ1v) is 5.96. The number of tetrazole rings is 1. The molecule has 1 aromatic heterocycles. The van der Waals surface area contributed by atoms with Crippen LogP contribution in [0.2, 0.25) is 0 Å². The van der Waals surface area contributed by atoms with Crippen molar-refractivity contribution >= 4 is 5.97 Å².